The Labute approximate surface area is 106 Å². The third-order valence-corrected chi connectivity index (χ3v) is 2.65. The number of benzene rings is 1. The summed E-state index contributed by atoms with van der Waals surface area (Å²) in [6.07, 6.45) is 0. The van der Waals surface area contributed by atoms with E-state index in [0.29, 0.717) is 17.9 Å². The summed E-state index contributed by atoms with van der Waals surface area (Å²) in [6, 6.07) is 13.5. The zero-order valence-corrected chi connectivity index (χ0v) is 10.5. The van der Waals surface area contributed by atoms with Crippen LogP contribution in [0, 0.1) is 6.92 Å². The van der Waals surface area contributed by atoms with Crippen molar-refractivity contribution in [3.8, 4) is 11.3 Å². The topological polar surface area (TPSA) is 39.2 Å². The first-order valence-corrected chi connectivity index (χ1v) is 5.92. The van der Waals surface area contributed by atoms with E-state index in [-0.39, 0.29) is 5.97 Å². The van der Waals surface area contributed by atoms with Crippen molar-refractivity contribution in [2.75, 3.05) is 6.61 Å². The van der Waals surface area contributed by atoms with E-state index >= 15 is 0 Å². The number of aromatic nitrogens is 1. The van der Waals surface area contributed by atoms with E-state index in [4.69, 9.17) is 4.74 Å². The number of aryl methyl sites for hydroxylation is 1. The molecule has 0 unspecified atom stereocenters. The molecule has 0 saturated heterocycles. The van der Waals surface area contributed by atoms with E-state index in [1.54, 1.807) is 13.0 Å². The van der Waals surface area contributed by atoms with Crippen molar-refractivity contribution in [3.63, 3.8) is 0 Å². The van der Waals surface area contributed by atoms with Crippen molar-refractivity contribution in [2.45, 2.75) is 13.8 Å². The van der Waals surface area contributed by atoms with Crippen molar-refractivity contribution in [2.24, 2.45) is 0 Å². The number of pyridine rings is 1. The van der Waals surface area contributed by atoms with Gasteiger partial charge in [-0.05, 0) is 26.0 Å². The molecule has 0 amide bonds. The molecule has 1 heterocycles. The maximum Gasteiger partial charge on any atom is 0.339 e. The van der Waals surface area contributed by atoms with Crippen LogP contribution in [0.5, 0.6) is 0 Å². The van der Waals surface area contributed by atoms with Gasteiger partial charge in [-0.15, -0.1) is 0 Å². The molecule has 0 radical (unpaired) electrons. The molecule has 92 valence electrons. The lowest BCUT2D eigenvalue weighted by molar-refractivity contribution is 0.0525. The van der Waals surface area contributed by atoms with Crippen LogP contribution in [-0.2, 0) is 4.74 Å². The van der Waals surface area contributed by atoms with Gasteiger partial charge in [0.15, 0.2) is 0 Å². The molecule has 0 saturated carbocycles. The molecule has 1 aromatic heterocycles. The predicted molar refractivity (Wildman–Crippen MR) is 70.4 cm³/mol. The van der Waals surface area contributed by atoms with Crippen molar-refractivity contribution in [3.05, 3.63) is 53.7 Å². The Balaban J connectivity index is 2.34. The SMILES string of the molecule is CCOC(=O)c1ccc(-c2ccccc2)nc1C. The fraction of sp³-hybridized carbons (Fsp3) is 0.200. The van der Waals surface area contributed by atoms with Crippen LogP contribution in [0.25, 0.3) is 11.3 Å². The van der Waals surface area contributed by atoms with Gasteiger partial charge >= 0.3 is 5.97 Å². The molecule has 0 spiro atoms. The second-order valence-corrected chi connectivity index (χ2v) is 3.92. The summed E-state index contributed by atoms with van der Waals surface area (Å²) >= 11 is 0. The summed E-state index contributed by atoms with van der Waals surface area (Å²) in [5.74, 6) is -0.317. The molecule has 3 heteroatoms. The Hall–Kier alpha value is -2.16. The second-order valence-electron chi connectivity index (χ2n) is 3.92. The highest BCUT2D eigenvalue weighted by atomic mass is 16.5. The molecule has 0 fully saturated rings. The largest absolute Gasteiger partial charge is 0.462 e. The van der Waals surface area contributed by atoms with Crippen molar-refractivity contribution in [1.29, 1.82) is 0 Å². The zero-order valence-electron chi connectivity index (χ0n) is 10.5. The van der Waals surface area contributed by atoms with E-state index in [2.05, 4.69) is 4.98 Å². The van der Waals surface area contributed by atoms with Crippen molar-refractivity contribution in [1.82, 2.24) is 4.98 Å². The lowest BCUT2D eigenvalue weighted by atomic mass is 10.1. The van der Waals surface area contributed by atoms with Crippen molar-refractivity contribution >= 4 is 5.97 Å². The predicted octanol–water partition coefficient (Wildman–Crippen LogP) is 3.23. The monoisotopic (exact) mass is 241 g/mol. The van der Waals surface area contributed by atoms with Crippen LogP contribution < -0.4 is 0 Å². The van der Waals surface area contributed by atoms with Gasteiger partial charge in [0.05, 0.1) is 23.6 Å². The van der Waals surface area contributed by atoms with E-state index in [1.807, 2.05) is 43.3 Å². The lowest BCUT2D eigenvalue weighted by Crippen LogP contribution is -2.08. The van der Waals surface area contributed by atoms with Crippen LogP contribution in [0.1, 0.15) is 23.0 Å². The Kier molecular flexibility index (Phi) is 3.72. The van der Waals surface area contributed by atoms with Gasteiger partial charge in [0.2, 0.25) is 0 Å². The van der Waals surface area contributed by atoms with Crippen LogP contribution in [0.3, 0.4) is 0 Å². The van der Waals surface area contributed by atoms with Crippen LogP contribution in [-0.4, -0.2) is 17.6 Å². The Morgan fingerprint density at radius 1 is 1.17 bits per heavy atom. The quantitative estimate of drug-likeness (QED) is 0.774. The molecule has 0 aliphatic heterocycles. The first-order chi connectivity index (χ1) is 8.72. The summed E-state index contributed by atoms with van der Waals surface area (Å²) in [4.78, 5) is 16.1. The van der Waals surface area contributed by atoms with E-state index in [9.17, 15) is 4.79 Å². The number of hydrogen-bond donors (Lipinski definition) is 0. The van der Waals surface area contributed by atoms with Gasteiger partial charge in [0.25, 0.3) is 0 Å². The molecule has 0 aliphatic rings. The highest BCUT2D eigenvalue weighted by Gasteiger charge is 2.11. The fourth-order valence-electron chi connectivity index (χ4n) is 1.76. The van der Waals surface area contributed by atoms with Gasteiger partial charge in [-0.2, -0.15) is 0 Å². The lowest BCUT2D eigenvalue weighted by Gasteiger charge is -2.07. The molecule has 0 bridgehead atoms. The molecule has 2 rings (SSSR count). The van der Waals surface area contributed by atoms with E-state index < -0.39 is 0 Å². The maximum absolute atomic E-state index is 11.7. The molecule has 0 N–H and O–H groups in total. The van der Waals surface area contributed by atoms with Gasteiger partial charge in [-0.3, -0.25) is 4.98 Å². The highest BCUT2D eigenvalue weighted by Crippen LogP contribution is 2.18. The van der Waals surface area contributed by atoms with Crippen LogP contribution in [0.2, 0.25) is 0 Å². The Morgan fingerprint density at radius 3 is 2.50 bits per heavy atom. The molecular formula is C15H15NO2. The molecule has 2 aromatic rings. The summed E-state index contributed by atoms with van der Waals surface area (Å²) in [5, 5.41) is 0. The molecule has 18 heavy (non-hydrogen) atoms. The van der Waals surface area contributed by atoms with E-state index in [0.717, 1.165) is 11.3 Å². The third kappa shape index (κ3) is 2.56. The number of esters is 1. The molecule has 3 nitrogen and oxygen atoms in total. The van der Waals surface area contributed by atoms with Gasteiger partial charge in [0.1, 0.15) is 0 Å². The number of ether oxygens (including phenoxy) is 1. The van der Waals surface area contributed by atoms with Gasteiger partial charge in [-0.1, -0.05) is 30.3 Å². The van der Waals surface area contributed by atoms with Crippen LogP contribution in [0.15, 0.2) is 42.5 Å². The third-order valence-electron chi connectivity index (χ3n) is 2.65. The first kappa shape index (κ1) is 12.3. The molecule has 0 aliphatic carbocycles. The minimum atomic E-state index is -0.317. The minimum absolute atomic E-state index is 0.317. The van der Waals surface area contributed by atoms with Crippen LogP contribution >= 0.6 is 0 Å². The summed E-state index contributed by atoms with van der Waals surface area (Å²) in [6.45, 7) is 3.98. The number of carbonyl (C=O) groups excluding carboxylic acids is 1. The number of hydrogen-bond acceptors (Lipinski definition) is 3. The summed E-state index contributed by atoms with van der Waals surface area (Å²) in [7, 11) is 0. The normalized spacial score (nSPS) is 10.1. The van der Waals surface area contributed by atoms with Gasteiger partial charge in [-0.25, -0.2) is 4.79 Å². The van der Waals surface area contributed by atoms with Crippen molar-refractivity contribution < 1.29 is 9.53 Å². The number of nitrogens with zero attached hydrogens (tertiary/aromatic N) is 1. The van der Waals surface area contributed by atoms with Gasteiger partial charge in [0, 0.05) is 5.56 Å². The molecular weight excluding hydrogens is 226 g/mol. The standard InChI is InChI=1S/C15H15NO2/c1-3-18-15(17)13-9-10-14(16-11(13)2)12-7-5-4-6-8-12/h4-10H,3H2,1-2H3. The second kappa shape index (κ2) is 5.45. The average molecular weight is 241 g/mol. The summed E-state index contributed by atoms with van der Waals surface area (Å²) in [5.41, 5.74) is 3.11. The molecule has 1 aromatic carbocycles. The number of rotatable bonds is 3. The number of carbonyl (C=O) groups is 1. The zero-order chi connectivity index (χ0) is 13.0. The minimum Gasteiger partial charge on any atom is -0.462 e. The van der Waals surface area contributed by atoms with E-state index in [1.165, 1.54) is 0 Å². The Morgan fingerprint density at radius 2 is 1.89 bits per heavy atom. The van der Waals surface area contributed by atoms with Crippen LogP contribution in [0.4, 0.5) is 0 Å². The fourth-order valence-corrected chi connectivity index (χ4v) is 1.76. The maximum atomic E-state index is 11.7. The first-order valence-electron chi connectivity index (χ1n) is 5.92. The van der Waals surface area contributed by atoms with Gasteiger partial charge < -0.3 is 4.74 Å². The Bertz CT molecular complexity index is 550. The molecule has 0 atom stereocenters. The smallest absolute Gasteiger partial charge is 0.339 e. The summed E-state index contributed by atoms with van der Waals surface area (Å²) < 4.78 is 4.98. The highest BCUT2D eigenvalue weighted by molar-refractivity contribution is 5.90. The average Bonchev–Trinajstić information content (AvgIpc) is 2.40.